The van der Waals surface area contributed by atoms with Crippen LogP contribution in [0, 0.1) is 0 Å². The lowest BCUT2D eigenvalue weighted by molar-refractivity contribution is -0.122. The summed E-state index contributed by atoms with van der Waals surface area (Å²) < 4.78 is 10.5. The second-order valence-corrected chi connectivity index (χ2v) is 6.25. The Bertz CT molecular complexity index is 360. The standard InChI is InChI=1S/C20H32O4/c21-19-13-11-9-7-5-3-1-2-4-6-8-10-12-14-20(22)18-24-16-15-23-17-19/h11-14H,1-10,15-18H2. The molecule has 136 valence electrons. The van der Waals surface area contributed by atoms with E-state index in [0.717, 1.165) is 25.7 Å². The number of hydrogen-bond acceptors (Lipinski definition) is 4. The van der Waals surface area contributed by atoms with E-state index in [4.69, 9.17) is 9.47 Å². The number of ether oxygens (including phenoxy) is 2. The summed E-state index contributed by atoms with van der Waals surface area (Å²) in [6.45, 7) is 0.814. The van der Waals surface area contributed by atoms with Gasteiger partial charge in [0.1, 0.15) is 13.2 Å². The molecule has 0 aliphatic carbocycles. The number of allylic oxidation sites excluding steroid dienone is 2. The molecular formula is C20H32O4. The van der Waals surface area contributed by atoms with Crippen molar-refractivity contribution in [2.24, 2.45) is 0 Å². The molecule has 1 aliphatic rings. The molecule has 0 aromatic carbocycles. The van der Waals surface area contributed by atoms with Crippen molar-refractivity contribution in [2.45, 2.75) is 64.2 Å². The summed E-state index contributed by atoms with van der Waals surface area (Å²) >= 11 is 0. The van der Waals surface area contributed by atoms with Crippen molar-refractivity contribution in [3.63, 3.8) is 0 Å². The molecule has 0 N–H and O–H groups in total. The summed E-state index contributed by atoms with van der Waals surface area (Å²) in [4.78, 5) is 23.1. The lowest BCUT2D eigenvalue weighted by Crippen LogP contribution is -2.13. The first-order valence-corrected chi connectivity index (χ1v) is 9.33. The maximum atomic E-state index is 11.6. The summed E-state index contributed by atoms with van der Waals surface area (Å²) in [7, 11) is 0. The van der Waals surface area contributed by atoms with Crippen LogP contribution >= 0.6 is 0 Å². The predicted octanol–water partition coefficient (Wildman–Crippen LogP) is 4.18. The van der Waals surface area contributed by atoms with Crippen LogP contribution in [0.25, 0.3) is 0 Å². The summed E-state index contributed by atoms with van der Waals surface area (Å²) in [5.41, 5.74) is 0. The van der Waals surface area contributed by atoms with Gasteiger partial charge in [0.25, 0.3) is 0 Å². The second-order valence-electron chi connectivity index (χ2n) is 6.25. The third-order valence-electron chi connectivity index (χ3n) is 3.96. The van der Waals surface area contributed by atoms with Crippen LogP contribution in [0.3, 0.4) is 0 Å². The molecule has 0 radical (unpaired) electrons. The zero-order valence-electron chi connectivity index (χ0n) is 14.8. The molecule has 0 saturated heterocycles. The Hall–Kier alpha value is -1.26. The van der Waals surface area contributed by atoms with Gasteiger partial charge in [-0.05, 0) is 37.8 Å². The van der Waals surface area contributed by atoms with E-state index in [9.17, 15) is 9.59 Å². The van der Waals surface area contributed by atoms with Gasteiger partial charge in [0.2, 0.25) is 0 Å². The van der Waals surface area contributed by atoms with Gasteiger partial charge in [-0.3, -0.25) is 9.59 Å². The molecule has 4 heteroatoms. The lowest BCUT2D eigenvalue weighted by atomic mass is 10.1. The molecule has 0 aromatic heterocycles. The normalized spacial score (nSPS) is 21.8. The molecule has 1 heterocycles. The van der Waals surface area contributed by atoms with Gasteiger partial charge in [0.05, 0.1) is 13.2 Å². The number of carbonyl (C=O) groups excluding carboxylic acids is 2. The molecule has 24 heavy (non-hydrogen) atoms. The first kappa shape index (κ1) is 20.8. The van der Waals surface area contributed by atoms with E-state index in [2.05, 4.69) is 0 Å². The van der Waals surface area contributed by atoms with E-state index in [1.165, 1.54) is 38.5 Å². The van der Waals surface area contributed by atoms with Gasteiger partial charge >= 0.3 is 0 Å². The van der Waals surface area contributed by atoms with Gasteiger partial charge in [0, 0.05) is 0 Å². The Morgan fingerprint density at radius 2 is 0.958 bits per heavy atom. The van der Waals surface area contributed by atoms with E-state index in [-0.39, 0.29) is 24.8 Å². The topological polar surface area (TPSA) is 52.6 Å². The molecule has 0 saturated carbocycles. The van der Waals surface area contributed by atoms with E-state index >= 15 is 0 Å². The Morgan fingerprint density at radius 1 is 0.583 bits per heavy atom. The maximum absolute atomic E-state index is 11.6. The molecule has 0 fully saturated rings. The van der Waals surface area contributed by atoms with E-state index in [1.807, 2.05) is 12.2 Å². The first-order chi connectivity index (χ1) is 11.8. The third kappa shape index (κ3) is 13.2. The molecular weight excluding hydrogens is 304 g/mol. The Balaban J connectivity index is 2.27. The largest absolute Gasteiger partial charge is 0.371 e. The molecule has 0 bridgehead atoms. The van der Waals surface area contributed by atoms with Crippen LogP contribution in [-0.4, -0.2) is 38.0 Å². The predicted molar refractivity (Wildman–Crippen MR) is 96.1 cm³/mol. The molecule has 1 aliphatic heterocycles. The maximum Gasteiger partial charge on any atom is 0.180 e. The minimum Gasteiger partial charge on any atom is -0.371 e. The van der Waals surface area contributed by atoms with E-state index in [0.29, 0.717) is 13.2 Å². The van der Waals surface area contributed by atoms with Crippen molar-refractivity contribution in [3.05, 3.63) is 24.3 Å². The quantitative estimate of drug-likeness (QED) is 0.666. The first-order valence-electron chi connectivity index (χ1n) is 9.33. The van der Waals surface area contributed by atoms with Gasteiger partial charge in [-0.15, -0.1) is 0 Å². The minimum absolute atomic E-state index is 0.0175. The SMILES string of the molecule is O=C1C=CCCCCCCCCCCC=CC(=O)COCCOC1. The summed E-state index contributed by atoms with van der Waals surface area (Å²) in [5, 5.41) is 0. The monoisotopic (exact) mass is 336 g/mol. The molecule has 0 amide bonds. The van der Waals surface area contributed by atoms with Crippen LogP contribution in [0.4, 0.5) is 0 Å². The van der Waals surface area contributed by atoms with Crippen LogP contribution in [0.2, 0.25) is 0 Å². The van der Waals surface area contributed by atoms with E-state index in [1.54, 1.807) is 12.2 Å². The second kappa shape index (κ2) is 15.3. The number of hydrogen-bond donors (Lipinski definition) is 0. The molecule has 0 unspecified atom stereocenters. The zero-order chi connectivity index (χ0) is 17.3. The van der Waals surface area contributed by atoms with Crippen molar-refractivity contribution in [2.75, 3.05) is 26.4 Å². The van der Waals surface area contributed by atoms with Crippen molar-refractivity contribution in [1.82, 2.24) is 0 Å². The molecule has 0 spiro atoms. The van der Waals surface area contributed by atoms with Crippen LogP contribution in [0.1, 0.15) is 64.2 Å². The van der Waals surface area contributed by atoms with Crippen molar-refractivity contribution in [1.29, 1.82) is 0 Å². The van der Waals surface area contributed by atoms with Gasteiger partial charge in [-0.1, -0.05) is 50.7 Å². The highest BCUT2D eigenvalue weighted by Gasteiger charge is 1.99. The Kier molecular flexibility index (Phi) is 13.2. The summed E-state index contributed by atoms with van der Waals surface area (Å²) in [6, 6.07) is 0. The van der Waals surface area contributed by atoms with Gasteiger partial charge in [-0.25, -0.2) is 0 Å². The molecule has 1 rings (SSSR count). The van der Waals surface area contributed by atoms with Crippen LogP contribution in [0.5, 0.6) is 0 Å². The fraction of sp³-hybridized carbons (Fsp3) is 0.700. The zero-order valence-corrected chi connectivity index (χ0v) is 14.8. The summed E-state index contributed by atoms with van der Waals surface area (Å²) in [6.07, 6.45) is 18.9. The number of rotatable bonds is 0. The average molecular weight is 336 g/mol. The van der Waals surface area contributed by atoms with Crippen molar-refractivity contribution >= 4 is 11.6 Å². The minimum atomic E-state index is -0.0175. The highest BCUT2D eigenvalue weighted by molar-refractivity contribution is 5.91. The van der Waals surface area contributed by atoms with E-state index < -0.39 is 0 Å². The highest BCUT2D eigenvalue weighted by atomic mass is 16.5. The summed E-state index contributed by atoms with van der Waals surface area (Å²) in [5.74, 6) is -0.0349. The van der Waals surface area contributed by atoms with Crippen LogP contribution in [0.15, 0.2) is 24.3 Å². The number of carbonyl (C=O) groups is 2. The van der Waals surface area contributed by atoms with Crippen LogP contribution < -0.4 is 0 Å². The Morgan fingerprint density at radius 3 is 1.38 bits per heavy atom. The lowest BCUT2D eigenvalue weighted by Gasteiger charge is -2.03. The van der Waals surface area contributed by atoms with Crippen molar-refractivity contribution in [3.8, 4) is 0 Å². The van der Waals surface area contributed by atoms with Gasteiger partial charge < -0.3 is 9.47 Å². The fourth-order valence-corrected chi connectivity index (χ4v) is 2.57. The smallest absolute Gasteiger partial charge is 0.180 e. The number of ketones is 2. The molecule has 0 atom stereocenters. The average Bonchev–Trinajstić information content (AvgIpc) is 2.57. The molecule has 0 aromatic rings. The van der Waals surface area contributed by atoms with Crippen LogP contribution in [-0.2, 0) is 19.1 Å². The van der Waals surface area contributed by atoms with Gasteiger partial charge in [-0.2, -0.15) is 0 Å². The fourth-order valence-electron chi connectivity index (χ4n) is 2.57. The third-order valence-corrected chi connectivity index (χ3v) is 3.96. The Labute approximate surface area is 146 Å². The molecule has 4 nitrogen and oxygen atoms in total. The van der Waals surface area contributed by atoms with Gasteiger partial charge in [0.15, 0.2) is 11.6 Å². The highest BCUT2D eigenvalue weighted by Crippen LogP contribution is 2.11. The van der Waals surface area contributed by atoms with Crippen molar-refractivity contribution < 1.29 is 19.1 Å².